The van der Waals surface area contributed by atoms with Gasteiger partial charge in [-0.2, -0.15) is 0 Å². The smallest absolute Gasteiger partial charge is 0.0308 e. The zero-order chi connectivity index (χ0) is 13.5. The lowest BCUT2D eigenvalue weighted by molar-refractivity contribution is 0.588. The monoisotopic (exact) mass is 272 g/mol. The van der Waals surface area contributed by atoms with Crippen LogP contribution >= 0.6 is 11.8 Å². The van der Waals surface area contributed by atoms with Crippen molar-refractivity contribution >= 4 is 11.8 Å². The molecule has 0 atom stereocenters. The summed E-state index contributed by atoms with van der Waals surface area (Å²) >= 11 is 1.85. The molecule has 0 aliphatic heterocycles. The Morgan fingerprint density at radius 3 is 2.53 bits per heavy atom. The van der Waals surface area contributed by atoms with Crippen LogP contribution in [0.2, 0.25) is 0 Å². The van der Waals surface area contributed by atoms with Gasteiger partial charge in [0.25, 0.3) is 0 Å². The van der Waals surface area contributed by atoms with Gasteiger partial charge in [0.1, 0.15) is 0 Å². The Bertz CT molecular complexity index is 480. The molecule has 0 unspecified atom stereocenters. The third-order valence-electron chi connectivity index (χ3n) is 2.77. The van der Waals surface area contributed by atoms with Crippen LogP contribution in [0.25, 0.3) is 0 Å². The molecule has 3 heteroatoms. The van der Waals surface area contributed by atoms with E-state index < -0.39 is 0 Å². The molecule has 19 heavy (non-hydrogen) atoms. The molecule has 0 aliphatic rings. The van der Waals surface area contributed by atoms with Crippen LogP contribution in [0.3, 0.4) is 0 Å². The van der Waals surface area contributed by atoms with Crippen LogP contribution in [0.4, 0.5) is 0 Å². The average molecular weight is 272 g/mol. The summed E-state index contributed by atoms with van der Waals surface area (Å²) in [5.41, 5.74) is 2.59. The molecular weight excluding hydrogens is 252 g/mol. The zero-order valence-electron chi connectivity index (χ0n) is 11.5. The highest BCUT2D eigenvalue weighted by atomic mass is 32.2. The predicted molar refractivity (Wildman–Crippen MR) is 82.2 cm³/mol. The van der Waals surface area contributed by atoms with E-state index in [1.54, 1.807) is 0 Å². The van der Waals surface area contributed by atoms with Crippen molar-refractivity contribution in [3.05, 3.63) is 59.9 Å². The first-order chi connectivity index (χ1) is 9.24. The number of hydrogen-bond donors (Lipinski definition) is 1. The number of pyridine rings is 1. The summed E-state index contributed by atoms with van der Waals surface area (Å²) in [6.07, 6.45) is 3.73. The van der Waals surface area contributed by atoms with Gasteiger partial charge in [-0.15, -0.1) is 11.8 Å². The molecule has 2 rings (SSSR count). The summed E-state index contributed by atoms with van der Waals surface area (Å²) in [6, 6.07) is 13.4. The van der Waals surface area contributed by atoms with Crippen LogP contribution in [0.5, 0.6) is 0 Å². The first-order valence-electron chi connectivity index (χ1n) is 6.58. The highest BCUT2D eigenvalue weighted by Crippen LogP contribution is 2.22. The van der Waals surface area contributed by atoms with Gasteiger partial charge in [0.15, 0.2) is 0 Å². The molecule has 0 saturated carbocycles. The Balaban J connectivity index is 1.85. The molecule has 1 aromatic heterocycles. The zero-order valence-corrected chi connectivity index (χ0v) is 12.3. The van der Waals surface area contributed by atoms with Gasteiger partial charge in [0.2, 0.25) is 0 Å². The van der Waals surface area contributed by atoms with E-state index >= 15 is 0 Å². The molecule has 0 bridgehead atoms. The summed E-state index contributed by atoms with van der Waals surface area (Å²) in [6.45, 7) is 5.27. The Hall–Kier alpha value is -1.32. The van der Waals surface area contributed by atoms with E-state index in [1.165, 1.54) is 16.0 Å². The second kappa shape index (κ2) is 7.31. The molecule has 0 fully saturated rings. The molecule has 0 amide bonds. The van der Waals surface area contributed by atoms with E-state index in [9.17, 15) is 0 Å². The first-order valence-corrected chi connectivity index (χ1v) is 7.56. The molecule has 0 spiro atoms. The van der Waals surface area contributed by atoms with Crippen LogP contribution in [0, 0.1) is 0 Å². The first kappa shape index (κ1) is 14.1. The van der Waals surface area contributed by atoms with Crippen LogP contribution in [-0.2, 0) is 12.3 Å². The van der Waals surface area contributed by atoms with Gasteiger partial charge in [-0.1, -0.05) is 32.0 Å². The number of nitrogens with zero attached hydrogens (tertiary/aromatic N) is 1. The van der Waals surface area contributed by atoms with Gasteiger partial charge < -0.3 is 5.32 Å². The maximum atomic E-state index is 4.13. The fourth-order valence-electron chi connectivity index (χ4n) is 1.68. The van der Waals surface area contributed by atoms with Crippen molar-refractivity contribution in [2.45, 2.75) is 37.1 Å². The van der Waals surface area contributed by atoms with Crippen LogP contribution in [-0.4, -0.2) is 11.0 Å². The Labute approximate surface area is 119 Å². The number of hydrogen-bond acceptors (Lipinski definition) is 3. The fourth-order valence-corrected chi connectivity index (χ4v) is 2.51. The van der Waals surface area contributed by atoms with Crippen LogP contribution in [0.1, 0.15) is 25.0 Å². The SMILES string of the molecule is CC(C)NCc1ccc(SCc2cccnc2)cc1. The third kappa shape index (κ3) is 5.05. The summed E-state index contributed by atoms with van der Waals surface area (Å²) in [5.74, 6) is 0.970. The van der Waals surface area contributed by atoms with Gasteiger partial charge >= 0.3 is 0 Å². The minimum absolute atomic E-state index is 0.527. The minimum atomic E-state index is 0.527. The number of aromatic nitrogens is 1. The second-order valence-corrected chi connectivity index (χ2v) is 5.88. The van der Waals surface area contributed by atoms with Gasteiger partial charge in [-0.25, -0.2) is 0 Å². The summed E-state index contributed by atoms with van der Waals surface area (Å²) in [5, 5.41) is 3.42. The Morgan fingerprint density at radius 2 is 1.89 bits per heavy atom. The minimum Gasteiger partial charge on any atom is -0.310 e. The fraction of sp³-hybridized carbons (Fsp3) is 0.312. The molecule has 0 radical (unpaired) electrons. The van der Waals surface area contributed by atoms with Crippen molar-refractivity contribution in [1.82, 2.24) is 10.3 Å². The lowest BCUT2D eigenvalue weighted by Crippen LogP contribution is -2.21. The maximum Gasteiger partial charge on any atom is 0.0308 e. The van der Waals surface area contributed by atoms with Crippen LogP contribution < -0.4 is 5.32 Å². The quantitative estimate of drug-likeness (QED) is 0.808. The summed E-state index contributed by atoms with van der Waals surface area (Å²) < 4.78 is 0. The van der Waals surface area contributed by atoms with Gasteiger partial charge in [0.05, 0.1) is 0 Å². The molecule has 2 aromatic rings. The predicted octanol–water partition coefficient (Wildman–Crippen LogP) is 3.87. The van der Waals surface area contributed by atoms with Crippen molar-refractivity contribution < 1.29 is 0 Å². The van der Waals surface area contributed by atoms with Crippen molar-refractivity contribution in [1.29, 1.82) is 0 Å². The molecule has 100 valence electrons. The Morgan fingerprint density at radius 1 is 1.11 bits per heavy atom. The Kier molecular flexibility index (Phi) is 5.43. The normalized spacial score (nSPS) is 10.9. The number of benzene rings is 1. The topological polar surface area (TPSA) is 24.9 Å². The van der Waals surface area contributed by atoms with Gasteiger partial charge in [-0.3, -0.25) is 4.98 Å². The highest BCUT2D eigenvalue weighted by molar-refractivity contribution is 7.98. The van der Waals surface area contributed by atoms with E-state index in [0.717, 1.165) is 12.3 Å². The molecular formula is C16H20N2S. The number of rotatable bonds is 6. The van der Waals surface area contributed by atoms with E-state index in [0.29, 0.717) is 6.04 Å². The summed E-state index contributed by atoms with van der Waals surface area (Å²) in [4.78, 5) is 5.43. The number of nitrogens with one attached hydrogen (secondary N) is 1. The average Bonchev–Trinajstić information content (AvgIpc) is 2.45. The van der Waals surface area contributed by atoms with E-state index in [4.69, 9.17) is 0 Å². The molecule has 1 aromatic carbocycles. The summed E-state index contributed by atoms with van der Waals surface area (Å²) in [7, 11) is 0. The lowest BCUT2D eigenvalue weighted by atomic mass is 10.2. The van der Waals surface area contributed by atoms with E-state index in [2.05, 4.69) is 54.5 Å². The van der Waals surface area contributed by atoms with Crippen LogP contribution in [0.15, 0.2) is 53.7 Å². The van der Waals surface area contributed by atoms with Crippen molar-refractivity contribution in [3.8, 4) is 0 Å². The molecule has 2 nitrogen and oxygen atoms in total. The van der Waals surface area contributed by atoms with Crippen molar-refractivity contribution in [3.63, 3.8) is 0 Å². The van der Waals surface area contributed by atoms with E-state index in [-0.39, 0.29) is 0 Å². The molecule has 1 N–H and O–H groups in total. The van der Waals surface area contributed by atoms with Gasteiger partial charge in [0, 0.05) is 35.6 Å². The standard InChI is InChI=1S/C16H20N2S/c1-13(2)18-11-14-5-7-16(8-6-14)19-12-15-4-3-9-17-10-15/h3-10,13,18H,11-12H2,1-2H3. The maximum absolute atomic E-state index is 4.13. The largest absolute Gasteiger partial charge is 0.310 e. The highest BCUT2D eigenvalue weighted by Gasteiger charge is 1.98. The van der Waals surface area contributed by atoms with Crippen molar-refractivity contribution in [2.75, 3.05) is 0 Å². The number of thioether (sulfide) groups is 1. The third-order valence-corrected chi connectivity index (χ3v) is 3.85. The molecule has 0 aliphatic carbocycles. The van der Waals surface area contributed by atoms with Crippen molar-refractivity contribution in [2.24, 2.45) is 0 Å². The molecule has 1 heterocycles. The van der Waals surface area contributed by atoms with Gasteiger partial charge in [-0.05, 0) is 29.3 Å². The second-order valence-electron chi connectivity index (χ2n) is 4.83. The van der Waals surface area contributed by atoms with E-state index in [1.807, 2.05) is 30.2 Å². The molecule has 0 saturated heterocycles. The lowest BCUT2D eigenvalue weighted by Gasteiger charge is -2.08.